The van der Waals surface area contributed by atoms with Crippen molar-refractivity contribution < 1.29 is 0 Å². The van der Waals surface area contributed by atoms with E-state index in [1.165, 1.54) is 16.1 Å². The number of para-hydroxylation sites is 1. The zero-order valence-corrected chi connectivity index (χ0v) is 15.9. The Morgan fingerprint density at radius 3 is 2.96 bits per heavy atom. The molecule has 0 aliphatic carbocycles. The molecule has 0 bridgehead atoms. The number of nitrogens with one attached hydrogen (secondary N) is 1. The highest BCUT2D eigenvalue weighted by molar-refractivity contribution is 7.19. The number of aryl methyl sites for hydroxylation is 1. The highest BCUT2D eigenvalue weighted by Crippen LogP contribution is 2.35. The molecule has 0 amide bonds. The van der Waals surface area contributed by atoms with Crippen molar-refractivity contribution in [2.45, 2.75) is 19.9 Å². The Bertz CT molecular complexity index is 1170. The van der Waals surface area contributed by atoms with E-state index in [-0.39, 0.29) is 5.56 Å². The van der Waals surface area contributed by atoms with Gasteiger partial charge in [0.05, 0.1) is 11.9 Å². The monoisotopic (exact) mass is 379 g/mol. The van der Waals surface area contributed by atoms with Crippen LogP contribution in [-0.4, -0.2) is 16.5 Å². The maximum Gasteiger partial charge on any atom is 0.260 e. The van der Waals surface area contributed by atoms with Crippen molar-refractivity contribution >= 4 is 38.6 Å². The quantitative estimate of drug-likeness (QED) is 0.567. The number of rotatable bonds is 3. The maximum atomic E-state index is 12.8. The van der Waals surface area contributed by atoms with Gasteiger partial charge in [-0.05, 0) is 37.1 Å². The number of hydrogen-bond donors (Lipinski definition) is 1. The van der Waals surface area contributed by atoms with Gasteiger partial charge >= 0.3 is 0 Å². The van der Waals surface area contributed by atoms with Gasteiger partial charge in [-0.25, -0.2) is 4.98 Å². The maximum absolute atomic E-state index is 12.8. The van der Waals surface area contributed by atoms with Crippen molar-refractivity contribution in [3.63, 3.8) is 0 Å². The zero-order valence-electron chi connectivity index (χ0n) is 14.3. The van der Waals surface area contributed by atoms with Crippen molar-refractivity contribution in [3.8, 4) is 10.4 Å². The molecule has 1 aliphatic heterocycles. The number of aromatic amines is 1. The van der Waals surface area contributed by atoms with Crippen LogP contribution in [0.2, 0.25) is 0 Å². The molecule has 4 heterocycles. The minimum Gasteiger partial charge on any atom is -0.364 e. The molecule has 1 aliphatic rings. The smallest absolute Gasteiger partial charge is 0.260 e. The molecule has 0 saturated heterocycles. The molecule has 0 spiro atoms. The molecule has 130 valence electrons. The predicted molar refractivity (Wildman–Crippen MR) is 109 cm³/mol. The van der Waals surface area contributed by atoms with Gasteiger partial charge in [-0.15, -0.1) is 22.7 Å². The summed E-state index contributed by atoms with van der Waals surface area (Å²) < 4.78 is 0. The molecule has 1 N–H and O–H groups in total. The summed E-state index contributed by atoms with van der Waals surface area (Å²) in [6.45, 7) is 3.68. The topological polar surface area (TPSA) is 49.0 Å². The highest BCUT2D eigenvalue weighted by atomic mass is 32.1. The van der Waals surface area contributed by atoms with E-state index < -0.39 is 0 Å². The van der Waals surface area contributed by atoms with E-state index in [0.29, 0.717) is 11.9 Å². The zero-order chi connectivity index (χ0) is 17.7. The lowest BCUT2D eigenvalue weighted by molar-refractivity contribution is 0.788. The van der Waals surface area contributed by atoms with Crippen LogP contribution in [0.15, 0.2) is 46.6 Å². The summed E-state index contributed by atoms with van der Waals surface area (Å²) in [6.07, 6.45) is 1.05. The minimum atomic E-state index is -0.0419. The third kappa shape index (κ3) is 2.57. The molecule has 0 atom stereocenters. The predicted octanol–water partition coefficient (Wildman–Crippen LogP) is 4.58. The summed E-state index contributed by atoms with van der Waals surface area (Å²) in [5.74, 6) is 0.731. The van der Waals surface area contributed by atoms with E-state index in [1.54, 1.807) is 22.7 Å². The number of fused-ring (bicyclic) bond motifs is 2. The van der Waals surface area contributed by atoms with Gasteiger partial charge in [0, 0.05) is 32.9 Å². The standard InChI is InChI=1S/C20H17N3OS2/c1-12-6-7-16(26-12)14-11-25-20-18(14)19(24)21-17(22-20)10-23-9-8-13-4-2-3-5-15(13)23/h2-7,11H,8-10H2,1H3,(H,21,22,24). The fraction of sp³-hybridized carbons (Fsp3) is 0.200. The van der Waals surface area contributed by atoms with Crippen LogP contribution in [0.25, 0.3) is 20.7 Å². The van der Waals surface area contributed by atoms with E-state index in [1.807, 2.05) is 5.38 Å². The van der Waals surface area contributed by atoms with E-state index in [4.69, 9.17) is 4.98 Å². The number of anilines is 1. The lowest BCUT2D eigenvalue weighted by atomic mass is 10.2. The number of thiophene rings is 2. The fourth-order valence-corrected chi connectivity index (χ4v) is 5.50. The molecule has 3 aromatic heterocycles. The molecule has 5 rings (SSSR count). The molecule has 0 unspecified atom stereocenters. The summed E-state index contributed by atoms with van der Waals surface area (Å²) in [7, 11) is 0. The number of benzene rings is 1. The van der Waals surface area contributed by atoms with Gasteiger partial charge in [0.2, 0.25) is 0 Å². The Morgan fingerprint density at radius 2 is 2.12 bits per heavy atom. The summed E-state index contributed by atoms with van der Waals surface area (Å²) in [5.41, 5.74) is 3.56. The first-order valence-corrected chi connectivity index (χ1v) is 10.3. The van der Waals surface area contributed by atoms with Crippen molar-refractivity contribution in [2.75, 3.05) is 11.4 Å². The number of H-pyrrole nitrogens is 1. The van der Waals surface area contributed by atoms with Crippen LogP contribution < -0.4 is 10.5 Å². The number of nitrogens with zero attached hydrogens (tertiary/aromatic N) is 2. The van der Waals surface area contributed by atoms with Gasteiger partial charge in [-0.2, -0.15) is 0 Å². The normalized spacial score (nSPS) is 13.5. The first kappa shape index (κ1) is 15.8. The fourth-order valence-electron chi connectivity index (χ4n) is 3.58. The molecule has 4 nitrogen and oxygen atoms in total. The van der Waals surface area contributed by atoms with Gasteiger partial charge in [-0.3, -0.25) is 4.79 Å². The van der Waals surface area contributed by atoms with E-state index in [0.717, 1.165) is 34.1 Å². The van der Waals surface area contributed by atoms with Crippen LogP contribution in [0.4, 0.5) is 5.69 Å². The SMILES string of the molecule is Cc1ccc(-c2csc3nc(CN4CCc5ccccc54)[nH]c(=O)c23)s1. The summed E-state index contributed by atoms with van der Waals surface area (Å²) >= 11 is 3.26. The van der Waals surface area contributed by atoms with Crippen LogP contribution in [0.5, 0.6) is 0 Å². The van der Waals surface area contributed by atoms with E-state index >= 15 is 0 Å². The van der Waals surface area contributed by atoms with Crippen molar-refractivity contribution in [1.29, 1.82) is 0 Å². The third-order valence-corrected chi connectivity index (χ3v) is 6.73. The molecular weight excluding hydrogens is 362 g/mol. The molecule has 4 aromatic rings. The molecule has 0 radical (unpaired) electrons. The van der Waals surface area contributed by atoms with Gasteiger partial charge in [-0.1, -0.05) is 18.2 Å². The average molecular weight is 380 g/mol. The van der Waals surface area contributed by atoms with Gasteiger partial charge in [0.1, 0.15) is 10.7 Å². The average Bonchev–Trinajstić information content (AvgIpc) is 3.34. The molecule has 0 fully saturated rings. The summed E-state index contributed by atoms with van der Waals surface area (Å²) in [4.78, 5) is 26.0. The van der Waals surface area contributed by atoms with Crippen molar-refractivity contribution in [3.05, 3.63) is 68.4 Å². The Labute approximate surface area is 158 Å². The van der Waals surface area contributed by atoms with Crippen molar-refractivity contribution in [1.82, 2.24) is 9.97 Å². The van der Waals surface area contributed by atoms with Crippen LogP contribution >= 0.6 is 22.7 Å². The highest BCUT2D eigenvalue weighted by Gasteiger charge is 2.20. The van der Waals surface area contributed by atoms with Crippen molar-refractivity contribution in [2.24, 2.45) is 0 Å². The second-order valence-corrected chi connectivity index (χ2v) is 8.70. The first-order chi connectivity index (χ1) is 12.7. The third-order valence-electron chi connectivity index (χ3n) is 4.82. The Balaban J connectivity index is 1.52. The van der Waals surface area contributed by atoms with Gasteiger partial charge in [0.25, 0.3) is 5.56 Å². The van der Waals surface area contributed by atoms with Gasteiger partial charge in [0.15, 0.2) is 0 Å². The Hall–Kier alpha value is -2.44. The molecule has 1 aromatic carbocycles. The molecule has 0 saturated carbocycles. The van der Waals surface area contributed by atoms with Crippen LogP contribution in [0.1, 0.15) is 16.3 Å². The first-order valence-electron chi connectivity index (χ1n) is 8.59. The Morgan fingerprint density at radius 1 is 1.23 bits per heavy atom. The second-order valence-electron chi connectivity index (χ2n) is 6.55. The lowest BCUT2D eigenvalue weighted by Gasteiger charge is -2.18. The Kier molecular flexibility index (Phi) is 3.69. The lowest BCUT2D eigenvalue weighted by Crippen LogP contribution is -2.23. The van der Waals surface area contributed by atoms with Crippen LogP contribution in [0.3, 0.4) is 0 Å². The summed E-state index contributed by atoms with van der Waals surface area (Å²) in [5, 5.41) is 2.76. The minimum absolute atomic E-state index is 0.0419. The second kappa shape index (κ2) is 6.07. The number of aromatic nitrogens is 2. The van der Waals surface area contributed by atoms with Crippen LogP contribution in [-0.2, 0) is 13.0 Å². The van der Waals surface area contributed by atoms with Crippen LogP contribution in [0, 0.1) is 6.92 Å². The molecular formula is C20H17N3OS2. The number of hydrogen-bond acceptors (Lipinski definition) is 5. The molecule has 6 heteroatoms. The van der Waals surface area contributed by atoms with Gasteiger partial charge < -0.3 is 9.88 Å². The molecule has 26 heavy (non-hydrogen) atoms. The summed E-state index contributed by atoms with van der Waals surface area (Å²) in [6, 6.07) is 12.6. The van der Waals surface area contributed by atoms with E-state index in [9.17, 15) is 4.79 Å². The largest absolute Gasteiger partial charge is 0.364 e. The van der Waals surface area contributed by atoms with E-state index in [2.05, 4.69) is 53.2 Å².